The van der Waals surface area contributed by atoms with Gasteiger partial charge >= 0.3 is 0 Å². The fourth-order valence-corrected chi connectivity index (χ4v) is 2.19. The summed E-state index contributed by atoms with van der Waals surface area (Å²) in [6.45, 7) is 0. The highest BCUT2D eigenvalue weighted by molar-refractivity contribution is 5.08. The molecule has 0 N–H and O–H groups in total. The second-order valence-electron chi connectivity index (χ2n) is 4.96. The molecule has 92 valence electrons. The van der Waals surface area contributed by atoms with Crippen molar-refractivity contribution in [3.05, 3.63) is 49.1 Å². The average Bonchev–Trinajstić information content (AvgIpc) is 2.34. The largest absolute Gasteiger partial charge is 0.358 e. The first kappa shape index (κ1) is 12.0. The quantitative estimate of drug-likeness (QED) is 0.731. The van der Waals surface area contributed by atoms with Gasteiger partial charge < -0.3 is 9.80 Å². The molecule has 2 aliphatic rings. The number of rotatable bonds is 4. The summed E-state index contributed by atoms with van der Waals surface area (Å²) in [5.41, 5.74) is 0. The Balaban J connectivity index is 1.67. The Morgan fingerprint density at radius 3 is 1.41 bits per heavy atom. The van der Waals surface area contributed by atoms with Crippen molar-refractivity contribution in [1.82, 2.24) is 9.80 Å². The standard InChI is InChI=1S/C15H22N2/c1-16-10-6-14(7-11-16)4-3-5-15-8-12-17(2)13-9-15/h6-15H,3-5H2,1-2H3. The molecule has 2 heteroatoms. The second kappa shape index (κ2) is 5.76. The summed E-state index contributed by atoms with van der Waals surface area (Å²) in [5, 5.41) is 0. The topological polar surface area (TPSA) is 6.48 Å². The van der Waals surface area contributed by atoms with Crippen LogP contribution in [0, 0.1) is 11.8 Å². The Morgan fingerprint density at radius 2 is 1.06 bits per heavy atom. The van der Waals surface area contributed by atoms with Crippen molar-refractivity contribution in [3.8, 4) is 0 Å². The highest BCUT2D eigenvalue weighted by Gasteiger charge is 2.08. The minimum absolute atomic E-state index is 0.630. The van der Waals surface area contributed by atoms with Crippen LogP contribution in [0.15, 0.2) is 49.1 Å². The summed E-state index contributed by atoms with van der Waals surface area (Å²) in [6.07, 6.45) is 21.6. The Kier molecular flexibility index (Phi) is 4.08. The van der Waals surface area contributed by atoms with Gasteiger partial charge in [0.1, 0.15) is 0 Å². The third kappa shape index (κ3) is 3.81. The molecule has 0 aliphatic carbocycles. The fourth-order valence-electron chi connectivity index (χ4n) is 2.19. The van der Waals surface area contributed by atoms with Crippen molar-refractivity contribution in [2.45, 2.75) is 19.3 Å². The molecule has 2 aliphatic heterocycles. The smallest absolute Gasteiger partial charge is 0.0106 e. The predicted molar refractivity (Wildman–Crippen MR) is 72.9 cm³/mol. The lowest BCUT2D eigenvalue weighted by Crippen LogP contribution is -2.09. The van der Waals surface area contributed by atoms with Crippen LogP contribution < -0.4 is 0 Å². The maximum atomic E-state index is 2.29. The molecule has 2 nitrogen and oxygen atoms in total. The van der Waals surface area contributed by atoms with Crippen molar-refractivity contribution >= 4 is 0 Å². The molecule has 17 heavy (non-hydrogen) atoms. The van der Waals surface area contributed by atoms with E-state index >= 15 is 0 Å². The summed E-state index contributed by atoms with van der Waals surface area (Å²) >= 11 is 0. The zero-order valence-corrected chi connectivity index (χ0v) is 10.8. The minimum Gasteiger partial charge on any atom is -0.358 e. The maximum absolute atomic E-state index is 2.29. The van der Waals surface area contributed by atoms with E-state index in [-0.39, 0.29) is 0 Å². The molecule has 0 aromatic rings. The maximum Gasteiger partial charge on any atom is 0.0106 e. The van der Waals surface area contributed by atoms with E-state index in [0.29, 0.717) is 11.8 Å². The zero-order valence-electron chi connectivity index (χ0n) is 10.8. The van der Waals surface area contributed by atoms with E-state index in [9.17, 15) is 0 Å². The van der Waals surface area contributed by atoms with Crippen LogP contribution >= 0.6 is 0 Å². The van der Waals surface area contributed by atoms with Crippen molar-refractivity contribution in [1.29, 1.82) is 0 Å². The van der Waals surface area contributed by atoms with Crippen LogP contribution in [-0.2, 0) is 0 Å². The molecule has 0 saturated carbocycles. The molecular weight excluding hydrogens is 208 g/mol. The SMILES string of the molecule is CN1C=CC(CCCC2C=CN(C)C=C2)C=C1. The van der Waals surface area contributed by atoms with Gasteiger partial charge in [0.2, 0.25) is 0 Å². The molecule has 0 saturated heterocycles. The Bertz CT molecular complexity index is 290. The van der Waals surface area contributed by atoms with Crippen molar-refractivity contribution in [2.75, 3.05) is 14.1 Å². The normalized spacial score (nSPS) is 20.6. The van der Waals surface area contributed by atoms with Crippen LogP contribution in [-0.4, -0.2) is 23.9 Å². The van der Waals surface area contributed by atoms with Gasteiger partial charge in [-0.3, -0.25) is 0 Å². The van der Waals surface area contributed by atoms with Gasteiger partial charge in [-0.1, -0.05) is 30.7 Å². The monoisotopic (exact) mass is 230 g/mol. The molecule has 2 rings (SSSR count). The van der Waals surface area contributed by atoms with Gasteiger partial charge in [-0.05, 0) is 49.5 Å². The van der Waals surface area contributed by atoms with Gasteiger partial charge in [-0.2, -0.15) is 0 Å². The number of nitrogens with zero attached hydrogens (tertiary/aromatic N) is 2. The van der Waals surface area contributed by atoms with Crippen LogP contribution in [0.5, 0.6) is 0 Å². The molecule has 0 radical (unpaired) electrons. The Labute approximate surface area is 105 Å². The number of hydrogen-bond acceptors (Lipinski definition) is 2. The van der Waals surface area contributed by atoms with E-state index in [1.807, 2.05) is 0 Å². The summed E-state index contributed by atoms with van der Waals surface area (Å²) < 4.78 is 0. The molecular formula is C15H22N2. The first-order valence-corrected chi connectivity index (χ1v) is 6.41. The van der Waals surface area contributed by atoms with E-state index in [1.54, 1.807) is 0 Å². The molecule has 0 spiro atoms. The lowest BCUT2D eigenvalue weighted by molar-refractivity contribution is 0.523. The minimum atomic E-state index is 0.630. The van der Waals surface area contributed by atoms with Crippen LogP contribution in [0.25, 0.3) is 0 Å². The van der Waals surface area contributed by atoms with Crippen LogP contribution in [0.3, 0.4) is 0 Å². The molecule has 0 aromatic heterocycles. The summed E-state index contributed by atoms with van der Waals surface area (Å²) in [5.74, 6) is 1.26. The lowest BCUT2D eigenvalue weighted by atomic mass is 9.95. The number of hydrogen-bond donors (Lipinski definition) is 0. The molecule has 0 bridgehead atoms. The average molecular weight is 230 g/mol. The fraction of sp³-hybridized carbons (Fsp3) is 0.467. The second-order valence-corrected chi connectivity index (χ2v) is 4.96. The highest BCUT2D eigenvalue weighted by atomic mass is 15.1. The Morgan fingerprint density at radius 1 is 0.706 bits per heavy atom. The van der Waals surface area contributed by atoms with Crippen LogP contribution in [0.4, 0.5) is 0 Å². The van der Waals surface area contributed by atoms with Gasteiger partial charge in [0.05, 0.1) is 0 Å². The first-order valence-electron chi connectivity index (χ1n) is 6.41. The molecule has 0 unspecified atom stereocenters. The molecule has 2 heterocycles. The highest BCUT2D eigenvalue weighted by Crippen LogP contribution is 2.21. The van der Waals surface area contributed by atoms with E-state index in [4.69, 9.17) is 0 Å². The third-order valence-electron chi connectivity index (χ3n) is 3.35. The molecule has 0 aromatic carbocycles. The molecule has 0 fully saturated rings. The van der Waals surface area contributed by atoms with Crippen molar-refractivity contribution in [3.63, 3.8) is 0 Å². The van der Waals surface area contributed by atoms with E-state index < -0.39 is 0 Å². The third-order valence-corrected chi connectivity index (χ3v) is 3.35. The van der Waals surface area contributed by atoms with E-state index in [1.165, 1.54) is 19.3 Å². The van der Waals surface area contributed by atoms with Crippen molar-refractivity contribution < 1.29 is 0 Å². The van der Waals surface area contributed by atoms with Gasteiger partial charge in [-0.25, -0.2) is 0 Å². The summed E-state index contributed by atoms with van der Waals surface area (Å²) in [7, 11) is 4.13. The zero-order chi connectivity index (χ0) is 12.1. The summed E-state index contributed by atoms with van der Waals surface area (Å²) in [4.78, 5) is 4.19. The first-order chi connectivity index (χ1) is 8.24. The van der Waals surface area contributed by atoms with Crippen LogP contribution in [0.2, 0.25) is 0 Å². The molecule has 0 atom stereocenters. The van der Waals surface area contributed by atoms with Gasteiger partial charge in [-0.15, -0.1) is 0 Å². The van der Waals surface area contributed by atoms with Crippen LogP contribution in [0.1, 0.15) is 19.3 Å². The van der Waals surface area contributed by atoms with E-state index in [2.05, 4.69) is 73.0 Å². The molecule has 0 amide bonds. The number of allylic oxidation sites excluding steroid dienone is 4. The lowest BCUT2D eigenvalue weighted by Gasteiger charge is -2.19. The van der Waals surface area contributed by atoms with Gasteiger partial charge in [0.15, 0.2) is 0 Å². The van der Waals surface area contributed by atoms with Gasteiger partial charge in [0, 0.05) is 14.1 Å². The Hall–Kier alpha value is -1.44. The van der Waals surface area contributed by atoms with Gasteiger partial charge in [0.25, 0.3) is 0 Å². The summed E-state index contributed by atoms with van der Waals surface area (Å²) in [6, 6.07) is 0. The van der Waals surface area contributed by atoms with Crippen molar-refractivity contribution in [2.24, 2.45) is 11.8 Å². The predicted octanol–water partition coefficient (Wildman–Crippen LogP) is 3.33. The van der Waals surface area contributed by atoms with E-state index in [0.717, 1.165) is 0 Å².